The summed E-state index contributed by atoms with van der Waals surface area (Å²) < 4.78 is 18.7. The van der Waals surface area contributed by atoms with Gasteiger partial charge in [-0.15, -0.1) is 0 Å². The van der Waals surface area contributed by atoms with Gasteiger partial charge >= 0.3 is 5.97 Å². The number of carbonyl (C=O) groups excluding carboxylic acids is 1. The molecule has 178 valence electrons. The molecule has 9 nitrogen and oxygen atoms in total. The molecular formula is C23H23ClFN5O4. The Hall–Kier alpha value is -3.40. The number of fused-ring (bicyclic) bond motifs is 1. The number of halogens is 2. The van der Waals surface area contributed by atoms with Crippen molar-refractivity contribution in [1.82, 2.24) is 19.4 Å². The summed E-state index contributed by atoms with van der Waals surface area (Å²) >= 11 is 6.69. The van der Waals surface area contributed by atoms with E-state index in [1.54, 1.807) is 39.7 Å². The van der Waals surface area contributed by atoms with Crippen LogP contribution in [0.2, 0.25) is 5.02 Å². The van der Waals surface area contributed by atoms with E-state index in [2.05, 4.69) is 10.3 Å². The Balaban J connectivity index is 1.46. The highest BCUT2D eigenvalue weighted by atomic mass is 35.5. The zero-order valence-corrected chi connectivity index (χ0v) is 19.1. The van der Waals surface area contributed by atoms with Gasteiger partial charge in [-0.1, -0.05) is 11.6 Å². The van der Waals surface area contributed by atoms with Crippen LogP contribution in [0.3, 0.4) is 0 Å². The van der Waals surface area contributed by atoms with Crippen LogP contribution in [0.25, 0.3) is 10.9 Å². The molecule has 2 fully saturated rings. The van der Waals surface area contributed by atoms with Crippen molar-refractivity contribution >= 4 is 40.1 Å². The fraction of sp³-hybridized carbons (Fsp3) is 0.391. The van der Waals surface area contributed by atoms with Crippen molar-refractivity contribution in [2.45, 2.75) is 44.3 Å². The van der Waals surface area contributed by atoms with Crippen molar-refractivity contribution in [3.8, 4) is 0 Å². The Kier molecular flexibility index (Phi) is 5.55. The van der Waals surface area contributed by atoms with E-state index in [1.165, 1.54) is 6.20 Å². The second kappa shape index (κ2) is 8.43. The first-order chi connectivity index (χ1) is 16.3. The minimum Gasteiger partial charge on any atom is -0.477 e. The van der Waals surface area contributed by atoms with Crippen LogP contribution in [-0.4, -0.2) is 50.2 Å². The van der Waals surface area contributed by atoms with Crippen molar-refractivity contribution < 1.29 is 19.1 Å². The Morgan fingerprint density at radius 2 is 2.09 bits per heavy atom. The molecule has 1 aliphatic carbocycles. The minimum absolute atomic E-state index is 0.0206. The molecule has 2 unspecified atom stereocenters. The van der Waals surface area contributed by atoms with Crippen LogP contribution in [0.15, 0.2) is 35.8 Å². The molecule has 1 saturated heterocycles. The highest BCUT2D eigenvalue weighted by molar-refractivity contribution is 6.38. The molecule has 1 amide bonds. The Morgan fingerprint density at radius 1 is 1.32 bits per heavy atom. The molecule has 1 saturated carbocycles. The van der Waals surface area contributed by atoms with E-state index in [9.17, 15) is 19.5 Å². The molecule has 2 aliphatic rings. The molecule has 3 aromatic rings. The van der Waals surface area contributed by atoms with Crippen LogP contribution in [0.5, 0.6) is 0 Å². The molecule has 34 heavy (non-hydrogen) atoms. The summed E-state index contributed by atoms with van der Waals surface area (Å²) in [5.74, 6) is -2.22. The fourth-order valence-electron chi connectivity index (χ4n) is 4.55. The molecular weight excluding hydrogens is 465 g/mol. The number of rotatable bonds is 6. The number of anilines is 1. The Bertz CT molecular complexity index is 1350. The average Bonchev–Trinajstić information content (AvgIpc) is 3.29. The van der Waals surface area contributed by atoms with E-state index >= 15 is 4.39 Å². The van der Waals surface area contributed by atoms with Gasteiger partial charge in [-0.2, -0.15) is 0 Å². The number of aromatic carboxylic acids is 1. The van der Waals surface area contributed by atoms with Gasteiger partial charge in [-0.05, 0) is 32.3 Å². The highest BCUT2D eigenvalue weighted by Crippen LogP contribution is 2.42. The third-order valence-electron chi connectivity index (χ3n) is 6.56. The van der Waals surface area contributed by atoms with E-state index in [-0.39, 0.29) is 34.1 Å². The molecule has 2 aromatic heterocycles. The quantitative estimate of drug-likeness (QED) is 0.553. The van der Waals surface area contributed by atoms with Gasteiger partial charge in [0.2, 0.25) is 11.3 Å². The molecule has 1 aliphatic heterocycles. The zero-order valence-electron chi connectivity index (χ0n) is 18.4. The monoisotopic (exact) mass is 487 g/mol. The van der Waals surface area contributed by atoms with E-state index in [4.69, 9.17) is 11.6 Å². The minimum atomic E-state index is -1.36. The van der Waals surface area contributed by atoms with Crippen LogP contribution in [0.1, 0.15) is 48.6 Å². The maximum Gasteiger partial charge on any atom is 0.341 e. The number of hydrogen-bond acceptors (Lipinski definition) is 5. The molecule has 3 heterocycles. The molecule has 0 spiro atoms. The maximum atomic E-state index is 15.3. The lowest BCUT2D eigenvalue weighted by Gasteiger charge is -2.24. The second-order valence-corrected chi connectivity index (χ2v) is 9.24. The number of nitrogens with zero attached hydrogens (tertiary/aromatic N) is 4. The van der Waals surface area contributed by atoms with Crippen LogP contribution >= 0.6 is 11.6 Å². The lowest BCUT2D eigenvalue weighted by atomic mass is 10.1. The molecule has 0 bridgehead atoms. The molecule has 2 N–H and O–H groups in total. The van der Waals surface area contributed by atoms with Gasteiger partial charge in [0.1, 0.15) is 17.4 Å². The Morgan fingerprint density at radius 3 is 2.74 bits per heavy atom. The summed E-state index contributed by atoms with van der Waals surface area (Å²) in [6, 6.07) is 0.461. The smallest absolute Gasteiger partial charge is 0.341 e. The fourth-order valence-corrected chi connectivity index (χ4v) is 4.96. The van der Waals surface area contributed by atoms with Crippen LogP contribution in [-0.2, 0) is 4.79 Å². The van der Waals surface area contributed by atoms with Gasteiger partial charge in [0.25, 0.3) is 0 Å². The van der Waals surface area contributed by atoms with Crippen molar-refractivity contribution in [2.75, 3.05) is 18.0 Å². The van der Waals surface area contributed by atoms with Gasteiger partial charge < -0.3 is 24.5 Å². The van der Waals surface area contributed by atoms with Gasteiger partial charge in [0.15, 0.2) is 0 Å². The number of pyridine rings is 1. The zero-order chi connectivity index (χ0) is 24.1. The lowest BCUT2D eigenvalue weighted by molar-refractivity contribution is -0.124. The SMILES string of the molecule is CC(C(=O)NC1CCN(c2c(F)cc3c(=O)c(C(=O)O)cn(C4CC4)c3c2Cl)C1)n1ccnc1. The standard InChI is InChI=1S/C23H23ClFN5O4/c1-12(29-7-5-26-11-29)22(32)27-13-4-6-28(9-13)20-17(25)8-15-19(18(20)24)30(14-2-3-14)10-16(21(15)31)23(33)34/h5,7-8,10-14H,2-4,6,9H2,1H3,(H,27,32)(H,33,34). The average molecular weight is 488 g/mol. The van der Waals surface area contributed by atoms with Gasteiger partial charge in [0.05, 0.1) is 27.9 Å². The molecule has 0 radical (unpaired) electrons. The third-order valence-corrected chi connectivity index (χ3v) is 6.91. The number of benzene rings is 1. The van der Waals surface area contributed by atoms with Crippen molar-refractivity contribution in [3.63, 3.8) is 0 Å². The summed E-state index contributed by atoms with van der Waals surface area (Å²) in [5.41, 5.74) is -0.660. The molecule has 11 heteroatoms. The van der Waals surface area contributed by atoms with Crippen LogP contribution in [0.4, 0.5) is 10.1 Å². The second-order valence-electron chi connectivity index (χ2n) is 8.86. The summed E-state index contributed by atoms with van der Waals surface area (Å²) in [7, 11) is 0. The maximum absolute atomic E-state index is 15.3. The number of hydrogen-bond donors (Lipinski definition) is 2. The number of carbonyl (C=O) groups is 2. The summed E-state index contributed by atoms with van der Waals surface area (Å²) in [4.78, 5) is 42.7. The van der Waals surface area contributed by atoms with Crippen molar-refractivity contribution in [1.29, 1.82) is 0 Å². The number of imidazole rings is 1. The molecule has 2 atom stereocenters. The first-order valence-corrected chi connectivity index (χ1v) is 11.5. The number of aromatic nitrogens is 3. The summed E-state index contributed by atoms with van der Waals surface area (Å²) in [6.45, 7) is 2.59. The first kappa shape index (κ1) is 22.4. The Labute approximate surface area is 198 Å². The molecule has 1 aromatic carbocycles. The van der Waals surface area contributed by atoms with E-state index in [1.807, 2.05) is 0 Å². The predicted octanol–water partition coefficient (Wildman–Crippen LogP) is 2.98. The highest BCUT2D eigenvalue weighted by Gasteiger charge is 2.33. The number of amides is 1. The van der Waals surface area contributed by atoms with Crippen LogP contribution in [0, 0.1) is 5.82 Å². The van der Waals surface area contributed by atoms with Crippen LogP contribution < -0.4 is 15.6 Å². The van der Waals surface area contributed by atoms with Gasteiger partial charge in [-0.3, -0.25) is 9.59 Å². The lowest BCUT2D eigenvalue weighted by Crippen LogP contribution is -2.40. The number of nitrogens with one attached hydrogen (secondary N) is 1. The third kappa shape index (κ3) is 3.81. The van der Waals surface area contributed by atoms with Gasteiger partial charge in [-0.25, -0.2) is 14.2 Å². The number of carboxylic acid groups (broad SMARTS) is 1. The van der Waals surface area contributed by atoms with Crippen molar-refractivity contribution in [3.05, 3.63) is 57.6 Å². The first-order valence-electron chi connectivity index (χ1n) is 11.1. The van der Waals surface area contributed by atoms with E-state index in [0.29, 0.717) is 25.0 Å². The normalized spacial score (nSPS) is 18.9. The summed E-state index contributed by atoms with van der Waals surface area (Å²) in [6.07, 6.45) is 8.45. The topological polar surface area (TPSA) is 109 Å². The van der Waals surface area contributed by atoms with Gasteiger partial charge in [0, 0.05) is 43.8 Å². The van der Waals surface area contributed by atoms with E-state index < -0.39 is 28.8 Å². The predicted molar refractivity (Wildman–Crippen MR) is 124 cm³/mol. The summed E-state index contributed by atoms with van der Waals surface area (Å²) in [5, 5.41) is 12.5. The number of carboxylic acids is 1. The largest absolute Gasteiger partial charge is 0.477 e. The van der Waals surface area contributed by atoms with E-state index in [0.717, 1.165) is 18.9 Å². The van der Waals surface area contributed by atoms with Crippen molar-refractivity contribution in [2.24, 2.45) is 0 Å². The molecule has 5 rings (SSSR count).